The normalized spacial score (nSPS) is 11.9. The lowest BCUT2D eigenvalue weighted by Gasteiger charge is -2.23. The van der Waals surface area contributed by atoms with Gasteiger partial charge in [-0.2, -0.15) is 0 Å². The highest BCUT2D eigenvalue weighted by atomic mass is 16.5. The molecule has 0 spiro atoms. The van der Waals surface area contributed by atoms with Gasteiger partial charge in [-0.3, -0.25) is 9.59 Å². The Hall–Kier alpha value is -9.03. The maximum absolute atomic E-state index is 13.5. The third kappa shape index (κ3) is 20.1. The van der Waals surface area contributed by atoms with Gasteiger partial charge >= 0.3 is 5.97 Å². The van der Waals surface area contributed by atoms with E-state index in [-0.39, 0.29) is 44.0 Å². The molecule has 2 atom stereocenters. The van der Waals surface area contributed by atoms with Gasteiger partial charge in [-0.15, -0.1) is 0 Å². The average Bonchev–Trinajstić information content (AvgIpc) is 3.53. The summed E-state index contributed by atoms with van der Waals surface area (Å²) < 4.78 is 43.9. The van der Waals surface area contributed by atoms with Crippen LogP contribution < -0.4 is 39.1 Å². The van der Waals surface area contributed by atoms with Crippen molar-refractivity contribution in [1.82, 2.24) is 10.6 Å². The smallest absolute Gasteiger partial charge is 0.328 e. The zero-order valence-electron chi connectivity index (χ0n) is 50.6. The molecule has 0 saturated carbocycles. The van der Waals surface area contributed by atoms with Gasteiger partial charge in [0.1, 0.15) is 74.7 Å². The minimum Gasteiger partial charge on any atom is -0.489 e. The Bertz CT molecular complexity index is 3290. The summed E-state index contributed by atoms with van der Waals surface area (Å²) in [6.07, 6.45) is 2.08. The second kappa shape index (κ2) is 30.0. The summed E-state index contributed by atoms with van der Waals surface area (Å²) in [4.78, 5) is 38.8. The molecule has 8 aromatic carbocycles. The van der Waals surface area contributed by atoms with E-state index < -0.39 is 24.0 Å². The van der Waals surface area contributed by atoms with E-state index >= 15 is 0 Å². The number of methoxy groups -OCH3 is 1. The molecule has 85 heavy (non-hydrogen) atoms. The summed E-state index contributed by atoms with van der Waals surface area (Å²) in [6, 6.07) is 57.1. The van der Waals surface area contributed by atoms with Gasteiger partial charge in [-0.25, -0.2) is 4.79 Å². The number of hydrogen-bond acceptors (Lipinski definition) is 10. The van der Waals surface area contributed by atoms with Crippen LogP contribution in [0.5, 0.6) is 34.5 Å². The largest absolute Gasteiger partial charge is 0.489 e. The zero-order valence-corrected chi connectivity index (χ0v) is 50.6. The highest BCUT2D eigenvalue weighted by Gasteiger charge is 2.27. The molecule has 0 aliphatic rings. The lowest BCUT2D eigenvalue weighted by Crippen LogP contribution is -2.52. The van der Waals surface area contributed by atoms with E-state index in [1.165, 1.54) is 41.9 Å². The van der Waals surface area contributed by atoms with Crippen LogP contribution in [0.15, 0.2) is 176 Å². The van der Waals surface area contributed by atoms with Gasteiger partial charge in [0.2, 0.25) is 11.8 Å². The number of ether oxygens (including phenoxy) is 7. The van der Waals surface area contributed by atoms with E-state index in [1.54, 1.807) is 0 Å². The number of aryl methyl sites for hydroxylation is 6. The predicted molar refractivity (Wildman–Crippen MR) is 333 cm³/mol. The molecule has 12 nitrogen and oxygen atoms in total. The number of amides is 2. The number of nitrogens with one attached hydrogen (secondary N) is 2. The summed E-state index contributed by atoms with van der Waals surface area (Å²) in [6.45, 7) is 17.5. The number of rotatable bonds is 28. The third-order valence-corrected chi connectivity index (χ3v) is 14.3. The zero-order chi connectivity index (χ0) is 60.3. The van der Waals surface area contributed by atoms with E-state index in [1.807, 2.05) is 81.4 Å². The molecule has 0 fully saturated rings. The standard InChI is InChI=1S/C73H80N2O10/c1-49-10-18-54(19-11-49)26-31-62-32-27-59(39-68(62)84-44-57-22-14-51(3)15-23-57)46-81-64-36-61(48-80-63-33-28-55(29-34-63)38-66(75-70(76)42-73(6,7)8)71(77)74-53(5)72(78)79-9)37-65(41-64)82-47-60-30-35-67(83-43-56-20-12-50(2)13-21-56)69(40-60)85-45-58-24-16-52(4)17-25-58/h10-25,27-30,32-37,39-41,53,66H,26,31,38,42-48H2,1-9H3,(H,74,77)(H,75,76). The molecule has 0 aliphatic heterocycles. The van der Waals surface area contributed by atoms with E-state index in [0.717, 1.165) is 63.1 Å². The molecule has 0 aromatic heterocycles. The fourth-order valence-electron chi connectivity index (χ4n) is 9.30. The predicted octanol–water partition coefficient (Wildman–Crippen LogP) is 14.3. The molecule has 8 aromatic rings. The van der Waals surface area contributed by atoms with E-state index in [4.69, 9.17) is 33.2 Å². The van der Waals surface area contributed by atoms with Crippen LogP contribution >= 0.6 is 0 Å². The van der Waals surface area contributed by atoms with Crippen molar-refractivity contribution < 1.29 is 47.5 Å². The first kappa shape index (κ1) is 62.0. The van der Waals surface area contributed by atoms with Gasteiger partial charge < -0.3 is 43.8 Å². The van der Waals surface area contributed by atoms with Crippen LogP contribution in [0.1, 0.15) is 106 Å². The van der Waals surface area contributed by atoms with Crippen LogP contribution in [0, 0.1) is 33.1 Å². The average molecular weight is 1150 g/mol. The SMILES string of the molecule is COC(=O)C(C)NC(=O)C(Cc1ccc(OCc2cc(OCc3ccc(CCc4ccc(C)cc4)c(OCc4ccc(C)cc4)c3)cc(OCc3ccc(OCc4ccc(C)cc4)c(OCc4ccc(C)cc4)c3)c2)cc1)NC(=O)CC(C)(C)C. The fraction of sp³-hybridized carbons (Fsp3) is 0.301. The van der Waals surface area contributed by atoms with Crippen molar-refractivity contribution in [2.24, 2.45) is 5.41 Å². The Kier molecular flexibility index (Phi) is 21.9. The monoisotopic (exact) mass is 1140 g/mol. The highest BCUT2D eigenvalue weighted by Crippen LogP contribution is 2.33. The van der Waals surface area contributed by atoms with Gasteiger partial charge in [0.25, 0.3) is 0 Å². The van der Waals surface area contributed by atoms with E-state index in [0.29, 0.717) is 48.6 Å². The molecule has 2 N–H and O–H groups in total. The Balaban J connectivity index is 1.02. The second-order valence-electron chi connectivity index (χ2n) is 23.2. The van der Waals surface area contributed by atoms with Crippen molar-refractivity contribution in [3.05, 3.63) is 248 Å². The quantitative estimate of drug-likeness (QED) is 0.0456. The fourth-order valence-corrected chi connectivity index (χ4v) is 9.30. The summed E-state index contributed by atoms with van der Waals surface area (Å²) >= 11 is 0. The Morgan fingerprint density at radius 3 is 1.35 bits per heavy atom. The molecule has 0 heterocycles. The first-order chi connectivity index (χ1) is 40.9. The summed E-state index contributed by atoms with van der Waals surface area (Å²) in [7, 11) is 1.26. The van der Waals surface area contributed by atoms with Crippen molar-refractivity contribution >= 4 is 17.8 Å². The van der Waals surface area contributed by atoms with Gasteiger partial charge in [0.05, 0.1) is 7.11 Å². The topological polar surface area (TPSA) is 140 Å². The van der Waals surface area contributed by atoms with Crippen molar-refractivity contribution in [2.75, 3.05) is 7.11 Å². The molecule has 0 saturated heterocycles. The molecule has 12 heteroatoms. The molecule has 0 bridgehead atoms. The van der Waals surface area contributed by atoms with Crippen molar-refractivity contribution in [3.63, 3.8) is 0 Å². The summed E-state index contributed by atoms with van der Waals surface area (Å²) in [5.74, 6) is 2.42. The van der Waals surface area contributed by atoms with Gasteiger partial charge in [0, 0.05) is 18.9 Å². The number of carbonyl (C=O) groups is 3. The second-order valence-corrected chi connectivity index (χ2v) is 23.2. The van der Waals surface area contributed by atoms with E-state index in [2.05, 4.69) is 154 Å². The van der Waals surface area contributed by atoms with Crippen molar-refractivity contribution in [3.8, 4) is 34.5 Å². The lowest BCUT2D eigenvalue weighted by molar-refractivity contribution is -0.144. The Morgan fingerprint density at radius 2 is 0.835 bits per heavy atom. The lowest BCUT2D eigenvalue weighted by atomic mass is 9.91. The summed E-state index contributed by atoms with van der Waals surface area (Å²) in [5.41, 5.74) is 13.4. The maximum Gasteiger partial charge on any atom is 0.328 e. The molecular formula is C73H80N2O10. The number of esters is 1. The molecule has 2 unspecified atom stereocenters. The molecule has 8 rings (SSSR count). The van der Waals surface area contributed by atoms with Crippen LogP contribution in [-0.4, -0.2) is 37.0 Å². The molecule has 0 radical (unpaired) electrons. The first-order valence-electron chi connectivity index (χ1n) is 29.0. The molecule has 442 valence electrons. The third-order valence-electron chi connectivity index (χ3n) is 14.3. The van der Waals surface area contributed by atoms with Crippen molar-refractivity contribution in [2.45, 2.75) is 133 Å². The molecule has 2 amide bonds. The number of benzene rings is 8. The number of carbonyl (C=O) groups excluding carboxylic acids is 3. The first-order valence-corrected chi connectivity index (χ1v) is 29.0. The summed E-state index contributed by atoms with van der Waals surface area (Å²) in [5, 5.41) is 5.56. The maximum atomic E-state index is 13.5. The molecular weight excluding hydrogens is 1060 g/mol. The number of hydrogen-bond donors (Lipinski definition) is 2. The van der Waals surface area contributed by atoms with Gasteiger partial charge in [0.15, 0.2) is 11.5 Å². The highest BCUT2D eigenvalue weighted by molar-refractivity contribution is 5.91. The minimum atomic E-state index is -0.942. The van der Waals surface area contributed by atoms with Crippen LogP contribution in [0.3, 0.4) is 0 Å². The van der Waals surface area contributed by atoms with Crippen LogP contribution in [0.4, 0.5) is 0 Å². The minimum absolute atomic E-state index is 0.170. The van der Waals surface area contributed by atoms with Gasteiger partial charge in [-0.1, -0.05) is 170 Å². The Labute approximate surface area is 501 Å². The van der Waals surface area contributed by atoms with E-state index in [9.17, 15) is 14.4 Å². The Morgan fingerprint density at radius 1 is 0.412 bits per heavy atom. The van der Waals surface area contributed by atoms with Crippen LogP contribution in [0.25, 0.3) is 0 Å². The van der Waals surface area contributed by atoms with Crippen molar-refractivity contribution in [1.29, 1.82) is 0 Å². The van der Waals surface area contributed by atoms with Gasteiger partial charge in [-0.05, 0) is 145 Å². The van der Waals surface area contributed by atoms with Crippen LogP contribution in [-0.2, 0) is 78.0 Å². The van der Waals surface area contributed by atoms with Crippen LogP contribution in [0.2, 0.25) is 0 Å². The molecule has 0 aliphatic carbocycles.